The van der Waals surface area contributed by atoms with Crippen LogP contribution < -0.4 is 0 Å². The van der Waals surface area contributed by atoms with Crippen molar-refractivity contribution in [2.75, 3.05) is 6.61 Å². The summed E-state index contributed by atoms with van der Waals surface area (Å²) in [5, 5.41) is 0. The van der Waals surface area contributed by atoms with E-state index in [1.54, 1.807) is 12.1 Å². The van der Waals surface area contributed by atoms with E-state index in [0.29, 0.717) is 18.1 Å². The molecule has 1 fully saturated rings. The summed E-state index contributed by atoms with van der Waals surface area (Å²) in [6.07, 6.45) is 7.13. The van der Waals surface area contributed by atoms with Gasteiger partial charge in [0.1, 0.15) is 12.7 Å². The highest BCUT2D eigenvalue weighted by Gasteiger charge is 2.27. The van der Waals surface area contributed by atoms with E-state index in [1.807, 2.05) is 18.2 Å². The molecule has 0 amide bonds. The zero-order valence-corrected chi connectivity index (χ0v) is 11.8. The maximum Gasteiger partial charge on any atom is 0.338 e. The summed E-state index contributed by atoms with van der Waals surface area (Å²) in [6, 6.07) is 9.11. The second kappa shape index (κ2) is 7.73. The van der Waals surface area contributed by atoms with Crippen molar-refractivity contribution >= 4 is 5.97 Å². The minimum Gasteiger partial charge on any atom is -0.498 e. The van der Waals surface area contributed by atoms with Crippen molar-refractivity contribution < 1.29 is 14.3 Å². The molecule has 0 N–H and O–H groups in total. The molecule has 1 aliphatic rings. The number of hydrogen-bond acceptors (Lipinski definition) is 3. The molecule has 20 heavy (non-hydrogen) atoms. The van der Waals surface area contributed by atoms with Crippen LogP contribution in [0.5, 0.6) is 0 Å². The molecule has 1 atom stereocenters. The SMILES string of the molecule is C=COCC(OC(=O)c1ccccc1)C1CCCCC1. The van der Waals surface area contributed by atoms with E-state index < -0.39 is 0 Å². The molecule has 1 aromatic carbocycles. The van der Waals surface area contributed by atoms with Crippen molar-refractivity contribution in [3.05, 3.63) is 48.7 Å². The Morgan fingerprint density at radius 2 is 1.95 bits per heavy atom. The third kappa shape index (κ3) is 4.12. The van der Waals surface area contributed by atoms with Gasteiger partial charge < -0.3 is 9.47 Å². The van der Waals surface area contributed by atoms with E-state index in [9.17, 15) is 4.79 Å². The summed E-state index contributed by atoms with van der Waals surface area (Å²) in [5.74, 6) is 0.130. The summed E-state index contributed by atoms with van der Waals surface area (Å²) >= 11 is 0. The summed E-state index contributed by atoms with van der Waals surface area (Å²) < 4.78 is 10.9. The number of esters is 1. The lowest BCUT2D eigenvalue weighted by atomic mass is 9.85. The molecule has 0 aromatic heterocycles. The van der Waals surface area contributed by atoms with Gasteiger partial charge in [0.2, 0.25) is 0 Å². The maximum atomic E-state index is 12.2. The first-order valence-corrected chi connectivity index (χ1v) is 7.30. The number of benzene rings is 1. The molecule has 1 unspecified atom stereocenters. The molecule has 1 saturated carbocycles. The van der Waals surface area contributed by atoms with Crippen LogP contribution in [0.1, 0.15) is 42.5 Å². The van der Waals surface area contributed by atoms with E-state index in [-0.39, 0.29) is 12.1 Å². The van der Waals surface area contributed by atoms with Gasteiger partial charge in [-0.3, -0.25) is 0 Å². The molecule has 0 radical (unpaired) electrons. The Hall–Kier alpha value is -1.77. The molecular weight excluding hydrogens is 252 g/mol. The van der Waals surface area contributed by atoms with Crippen LogP contribution in [-0.2, 0) is 9.47 Å². The largest absolute Gasteiger partial charge is 0.498 e. The molecule has 3 nitrogen and oxygen atoms in total. The van der Waals surface area contributed by atoms with Gasteiger partial charge in [-0.25, -0.2) is 4.79 Å². The highest BCUT2D eigenvalue weighted by Crippen LogP contribution is 2.28. The van der Waals surface area contributed by atoms with Crippen LogP contribution in [0.3, 0.4) is 0 Å². The van der Waals surface area contributed by atoms with E-state index >= 15 is 0 Å². The molecule has 1 aliphatic carbocycles. The molecule has 2 rings (SSSR count). The van der Waals surface area contributed by atoms with Crippen molar-refractivity contribution in [2.24, 2.45) is 5.92 Å². The van der Waals surface area contributed by atoms with E-state index in [4.69, 9.17) is 9.47 Å². The minimum atomic E-state index is -0.270. The van der Waals surface area contributed by atoms with Crippen LogP contribution >= 0.6 is 0 Å². The third-order valence-electron chi connectivity index (χ3n) is 3.82. The third-order valence-corrected chi connectivity index (χ3v) is 3.82. The first kappa shape index (κ1) is 14.6. The van der Waals surface area contributed by atoms with Crippen LogP contribution in [-0.4, -0.2) is 18.7 Å². The first-order valence-electron chi connectivity index (χ1n) is 7.30. The average Bonchev–Trinajstić information content (AvgIpc) is 2.53. The number of hydrogen-bond donors (Lipinski definition) is 0. The Balaban J connectivity index is 1.99. The molecule has 0 aliphatic heterocycles. The highest BCUT2D eigenvalue weighted by atomic mass is 16.6. The van der Waals surface area contributed by atoms with Crippen LogP contribution in [0, 0.1) is 5.92 Å². The number of carbonyl (C=O) groups excluding carboxylic acids is 1. The lowest BCUT2D eigenvalue weighted by Gasteiger charge is -2.29. The predicted octanol–water partition coefficient (Wildman–Crippen LogP) is 3.95. The van der Waals surface area contributed by atoms with Gasteiger partial charge in [0.25, 0.3) is 0 Å². The summed E-state index contributed by atoms with van der Waals surface area (Å²) in [7, 11) is 0. The van der Waals surface area contributed by atoms with Crippen molar-refractivity contribution in [2.45, 2.75) is 38.2 Å². The quantitative estimate of drug-likeness (QED) is 0.582. The zero-order chi connectivity index (χ0) is 14.2. The van der Waals surface area contributed by atoms with Gasteiger partial charge >= 0.3 is 5.97 Å². The number of ether oxygens (including phenoxy) is 2. The lowest BCUT2D eigenvalue weighted by molar-refractivity contribution is -0.0164. The number of carbonyl (C=O) groups is 1. The fourth-order valence-corrected chi connectivity index (χ4v) is 2.71. The van der Waals surface area contributed by atoms with Crippen molar-refractivity contribution in [1.82, 2.24) is 0 Å². The Morgan fingerprint density at radius 3 is 2.60 bits per heavy atom. The predicted molar refractivity (Wildman–Crippen MR) is 78.4 cm³/mol. The second-order valence-corrected chi connectivity index (χ2v) is 5.21. The topological polar surface area (TPSA) is 35.5 Å². The van der Waals surface area contributed by atoms with Gasteiger partial charge in [-0.1, -0.05) is 44.0 Å². The monoisotopic (exact) mass is 274 g/mol. The minimum absolute atomic E-state index is 0.180. The fraction of sp³-hybridized carbons (Fsp3) is 0.471. The molecule has 0 heterocycles. The molecule has 108 valence electrons. The van der Waals surface area contributed by atoms with Gasteiger partial charge in [-0.05, 0) is 30.9 Å². The van der Waals surface area contributed by atoms with Crippen molar-refractivity contribution in [3.8, 4) is 0 Å². The summed E-state index contributed by atoms with van der Waals surface area (Å²) in [4.78, 5) is 12.2. The number of rotatable bonds is 6. The average molecular weight is 274 g/mol. The van der Waals surface area contributed by atoms with Crippen molar-refractivity contribution in [3.63, 3.8) is 0 Å². The summed E-state index contributed by atoms with van der Waals surface area (Å²) in [5.41, 5.74) is 0.590. The maximum absolute atomic E-state index is 12.2. The summed E-state index contributed by atoms with van der Waals surface area (Å²) in [6.45, 7) is 3.95. The van der Waals surface area contributed by atoms with Crippen LogP contribution in [0.15, 0.2) is 43.2 Å². The van der Waals surface area contributed by atoms with Gasteiger partial charge in [-0.15, -0.1) is 0 Å². The smallest absolute Gasteiger partial charge is 0.338 e. The zero-order valence-electron chi connectivity index (χ0n) is 11.8. The molecule has 0 bridgehead atoms. The fourth-order valence-electron chi connectivity index (χ4n) is 2.71. The molecule has 3 heteroatoms. The van der Waals surface area contributed by atoms with Gasteiger partial charge in [-0.2, -0.15) is 0 Å². The normalized spacial score (nSPS) is 17.2. The van der Waals surface area contributed by atoms with Crippen LogP contribution in [0.4, 0.5) is 0 Å². The van der Waals surface area contributed by atoms with Crippen LogP contribution in [0.2, 0.25) is 0 Å². The molecular formula is C17H22O3. The Bertz CT molecular complexity index is 421. The second-order valence-electron chi connectivity index (χ2n) is 5.21. The van der Waals surface area contributed by atoms with E-state index in [0.717, 1.165) is 12.8 Å². The van der Waals surface area contributed by atoms with Crippen LogP contribution in [0.25, 0.3) is 0 Å². The molecule has 1 aromatic rings. The van der Waals surface area contributed by atoms with Crippen molar-refractivity contribution in [1.29, 1.82) is 0 Å². The highest BCUT2D eigenvalue weighted by molar-refractivity contribution is 5.89. The van der Waals surface area contributed by atoms with Gasteiger partial charge in [0.05, 0.1) is 11.8 Å². The van der Waals surface area contributed by atoms with Gasteiger partial charge in [0, 0.05) is 0 Å². The first-order chi connectivity index (χ1) is 9.81. The van der Waals surface area contributed by atoms with E-state index in [1.165, 1.54) is 25.5 Å². The lowest BCUT2D eigenvalue weighted by Crippen LogP contribution is -2.32. The standard InChI is InChI=1S/C17H22O3/c1-2-19-13-16(14-9-5-3-6-10-14)20-17(18)15-11-7-4-8-12-15/h2,4,7-8,11-12,14,16H,1,3,5-6,9-10,13H2. The van der Waals surface area contributed by atoms with Gasteiger partial charge in [0.15, 0.2) is 0 Å². The Morgan fingerprint density at radius 1 is 1.25 bits per heavy atom. The molecule has 0 spiro atoms. The Kier molecular flexibility index (Phi) is 5.66. The Labute approximate surface area is 120 Å². The van der Waals surface area contributed by atoms with E-state index in [2.05, 4.69) is 6.58 Å². The molecule has 0 saturated heterocycles.